The van der Waals surface area contributed by atoms with E-state index in [2.05, 4.69) is 15.6 Å². The molecule has 2 aromatic carbocycles. The summed E-state index contributed by atoms with van der Waals surface area (Å²) in [7, 11) is 0. The molecular weight excluding hydrogens is 326 g/mol. The van der Waals surface area contributed by atoms with E-state index in [-0.39, 0.29) is 5.91 Å². The first-order valence-corrected chi connectivity index (χ1v) is 7.27. The van der Waals surface area contributed by atoms with E-state index in [1.165, 1.54) is 18.5 Å². The molecule has 3 rings (SSSR count). The van der Waals surface area contributed by atoms with Gasteiger partial charge in [0.05, 0.1) is 0 Å². The number of nitrogens with one attached hydrogen (secondary N) is 2. The van der Waals surface area contributed by atoms with Crippen LogP contribution in [0.2, 0.25) is 0 Å². The monoisotopic (exact) mass is 339 g/mol. The number of carboxylic acids is 1. The predicted octanol–water partition coefficient (Wildman–Crippen LogP) is 1.89. The van der Waals surface area contributed by atoms with Crippen LogP contribution in [-0.2, 0) is 4.79 Å². The highest BCUT2D eigenvalue weighted by Gasteiger charge is 2.10. The fourth-order valence-electron chi connectivity index (χ4n) is 2.17. The van der Waals surface area contributed by atoms with Crippen LogP contribution in [0.15, 0.2) is 53.3 Å². The SMILES string of the molecule is O=C(O)CNC(=O)c1ccc(NC(=O)c2ccc3ocnc3c2)cc1. The second-order valence-corrected chi connectivity index (χ2v) is 5.14. The van der Waals surface area contributed by atoms with E-state index in [1.807, 2.05) is 0 Å². The summed E-state index contributed by atoms with van der Waals surface area (Å²) in [6, 6.07) is 11.0. The lowest BCUT2D eigenvalue weighted by Crippen LogP contribution is -2.29. The Balaban J connectivity index is 1.67. The van der Waals surface area contributed by atoms with Crippen molar-refractivity contribution < 1.29 is 23.9 Å². The minimum Gasteiger partial charge on any atom is -0.480 e. The first-order valence-electron chi connectivity index (χ1n) is 7.27. The molecule has 1 heterocycles. The Morgan fingerprint density at radius 1 is 1.00 bits per heavy atom. The summed E-state index contributed by atoms with van der Waals surface area (Å²) in [6.07, 6.45) is 1.31. The normalized spacial score (nSPS) is 10.4. The van der Waals surface area contributed by atoms with Crippen molar-refractivity contribution in [2.75, 3.05) is 11.9 Å². The standard InChI is InChI=1S/C17H13N3O5/c21-15(22)8-18-16(23)10-1-4-12(5-2-10)20-17(24)11-3-6-14-13(7-11)19-9-25-14/h1-7,9H,8H2,(H,18,23)(H,20,24)(H,21,22). The number of carboxylic acid groups (broad SMARTS) is 1. The second-order valence-electron chi connectivity index (χ2n) is 5.14. The van der Waals surface area contributed by atoms with Gasteiger partial charge in [-0.1, -0.05) is 0 Å². The molecule has 0 aliphatic heterocycles. The van der Waals surface area contributed by atoms with Gasteiger partial charge >= 0.3 is 5.97 Å². The number of amides is 2. The second kappa shape index (κ2) is 6.83. The Hall–Kier alpha value is -3.68. The van der Waals surface area contributed by atoms with Gasteiger partial charge in [0.25, 0.3) is 11.8 Å². The number of rotatable bonds is 5. The van der Waals surface area contributed by atoms with Crippen LogP contribution in [0.4, 0.5) is 5.69 Å². The highest BCUT2D eigenvalue weighted by Crippen LogP contribution is 2.16. The van der Waals surface area contributed by atoms with E-state index < -0.39 is 18.4 Å². The van der Waals surface area contributed by atoms with Gasteiger partial charge in [-0.3, -0.25) is 14.4 Å². The fourth-order valence-corrected chi connectivity index (χ4v) is 2.17. The molecule has 25 heavy (non-hydrogen) atoms. The Bertz CT molecular complexity index is 946. The van der Waals surface area contributed by atoms with Gasteiger partial charge in [0.2, 0.25) is 0 Å². The molecule has 8 heteroatoms. The van der Waals surface area contributed by atoms with Crippen LogP contribution in [0.5, 0.6) is 0 Å². The average molecular weight is 339 g/mol. The molecular formula is C17H13N3O5. The van der Waals surface area contributed by atoms with Crippen LogP contribution >= 0.6 is 0 Å². The van der Waals surface area contributed by atoms with Gasteiger partial charge in [0.1, 0.15) is 12.1 Å². The lowest BCUT2D eigenvalue weighted by Gasteiger charge is -2.07. The van der Waals surface area contributed by atoms with Gasteiger partial charge in [0, 0.05) is 16.8 Å². The number of nitrogens with zero attached hydrogens (tertiary/aromatic N) is 1. The Kier molecular flexibility index (Phi) is 4.42. The molecule has 0 atom stereocenters. The van der Waals surface area contributed by atoms with Crippen molar-refractivity contribution in [3.63, 3.8) is 0 Å². The summed E-state index contributed by atoms with van der Waals surface area (Å²) in [6.45, 7) is -0.457. The van der Waals surface area contributed by atoms with Crippen molar-refractivity contribution in [1.82, 2.24) is 10.3 Å². The van der Waals surface area contributed by atoms with Crippen LogP contribution < -0.4 is 10.6 Å². The number of hydrogen-bond acceptors (Lipinski definition) is 5. The topological polar surface area (TPSA) is 122 Å². The Morgan fingerprint density at radius 2 is 1.72 bits per heavy atom. The van der Waals surface area contributed by atoms with Crippen molar-refractivity contribution in [1.29, 1.82) is 0 Å². The molecule has 1 aromatic heterocycles. The third-order valence-corrected chi connectivity index (χ3v) is 3.40. The number of hydrogen-bond donors (Lipinski definition) is 3. The van der Waals surface area contributed by atoms with E-state index in [0.29, 0.717) is 27.9 Å². The molecule has 3 N–H and O–H groups in total. The van der Waals surface area contributed by atoms with E-state index in [1.54, 1.807) is 30.3 Å². The maximum Gasteiger partial charge on any atom is 0.322 e. The highest BCUT2D eigenvalue weighted by molar-refractivity contribution is 6.06. The molecule has 0 aliphatic carbocycles. The number of aliphatic carboxylic acids is 1. The van der Waals surface area contributed by atoms with E-state index in [0.717, 1.165) is 0 Å². The zero-order chi connectivity index (χ0) is 17.8. The number of benzene rings is 2. The maximum absolute atomic E-state index is 12.3. The quantitative estimate of drug-likeness (QED) is 0.652. The van der Waals surface area contributed by atoms with Crippen LogP contribution in [0, 0.1) is 0 Å². The molecule has 8 nitrogen and oxygen atoms in total. The third kappa shape index (κ3) is 3.81. The van der Waals surface area contributed by atoms with Gasteiger partial charge in [-0.05, 0) is 42.5 Å². The summed E-state index contributed by atoms with van der Waals surface area (Å²) in [5.74, 6) is -1.95. The Labute approximate surface area is 141 Å². The molecule has 0 saturated heterocycles. The molecule has 0 fully saturated rings. The Morgan fingerprint density at radius 3 is 2.44 bits per heavy atom. The van der Waals surface area contributed by atoms with Crippen LogP contribution in [0.25, 0.3) is 11.1 Å². The van der Waals surface area contributed by atoms with E-state index in [4.69, 9.17) is 9.52 Å². The van der Waals surface area contributed by atoms with Crippen LogP contribution in [0.1, 0.15) is 20.7 Å². The smallest absolute Gasteiger partial charge is 0.322 e. The minimum absolute atomic E-state index is 0.295. The highest BCUT2D eigenvalue weighted by atomic mass is 16.4. The maximum atomic E-state index is 12.3. The number of carbonyl (C=O) groups excluding carboxylic acids is 2. The van der Waals surface area contributed by atoms with Gasteiger partial charge in [0.15, 0.2) is 12.0 Å². The van der Waals surface area contributed by atoms with Gasteiger partial charge in [-0.25, -0.2) is 4.98 Å². The number of oxazole rings is 1. The lowest BCUT2D eigenvalue weighted by molar-refractivity contribution is -0.135. The van der Waals surface area contributed by atoms with Crippen LogP contribution in [0.3, 0.4) is 0 Å². The van der Waals surface area contributed by atoms with Crippen molar-refractivity contribution in [2.24, 2.45) is 0 Å². The molecule has 0 bridgehead atoms. The number of aromatic nitrogens is 1. The lowest BCUT2D eigenvalue weighted by atomic mass is 10.1. The first-order chi connectivity index (χ1) is 12.0. The van der Waals surface area contributed by atoms with Crippen molar-refractivity contribution in [3.8, 4) is 0 Å². The summed E-state index contributed by atoms with van der Waals surface area (Å²) in [4.78, 5) is 38.4. The molecule has 3 aromatic rings. The van der Waals surface area contributed by atoms with Crippen LogP contribution in [-0.4, -0.2) is 34.4 Å². The summed E-state index contributed by atoms with van der Waals surface area (Å²) >= 11 is 0. The van der Waals surface area contributed by atoms with Crippen molar-refractivity contribution in [3.05, 3.63) is 60.0 Å². The van der Waals surface area contributed by atoms with Gasteiger partial charge < -0.3 is 20.2 Å². The molecule has 0 radical (unpaired) electrons. The number of anilines is 1. The molecule has 0 saturated carbocycles. The number of fused-ring (bicyclic) bond motifs is 1. The van der Waals surface area contributed by atoms with Crippen molar-refractivity contribution in [2.45, 2.75) is 0 Å². The molecule has 2 amide bonds. The first kappa shape index (κ1) is 16.2. The summed E-state index contributed by atoms with van der Waals surface area (Å²) in [5, 5.41) is 13.5. The van der Waals surface area contributed by atoms with E-state index >= 15 is 0 Å². The van der Waals surface area contributed by atoms with Crippen molar-refractivity contribution >= 4 is 34.6 Å². The average Bonchev–Trinajstić information content (AvgIpc) is 3.08. The third-order valence-electron chi connectivity index (χ3n) is 3.40. The summed E-state index contributed by atoms with van der Waals surface area (Å²) < 4.78 is 5.12. The fraction of sp³-hybridized carbons (Fsp3) is 0.0588. The molecule has 0 spiro atoms. The van der Waals surface area contributed by atoms with Gasteiger partial charge in [-0.2, -0.15) is 0 Å². The number of carbonyl (C=O) groups is 3. The molecule has 0 unspecified atom stereocenters. The van der Waals surface area contributed by atoms with E-state index in [9.17, 15) is 14.4 Å². The predicted molar refractivity (Wildman–Crippen MR) is 88.4 cm³/mol. The largest absolute Gasteiger partial charge is 0.480 e. The summed E-state index contributed by atoms with van der Waals surface area (Å²) in [5.41, 5.74) is 2.39. The molecule has 126 valence electrons. The zero-order valence-electron chi connectivity index (χ0n) is 12.9. The molecule has 0 aliphatic rings. The van der Waals surface area contributed by atoms with Gasteiger partial charge in [-0.15, -0.1) is 0 Å². The minimum atomic E-state index is -1.12. The zero-order valence-corrected chi connectivity index (χ0v) is 12.9.